The van der Waals surface area contributed by atoms with Gasteiger partial charge in [0.1, 0.15) is 38.0 Å². The Morgan fingerprint density at radius 3 is 1.52 bits per heavy atom. The number of hydrogen-bond acceptors (Lipinski definition) is 9. The van der Waals surface area contributed by atoms with Crippen molar-refractivity contribution in [1.29, 1.82) is 0 Å². The van der Waals surface area contributed by atoms with E-state index < -0.39 is 24.9 Å². The first-order valence-corrected chi connectivity index (χ1v) is 9.49. The second-order valence-electron chi connectivity index (χ2n) is 5.77. The molecule has 3 aromatic carbocycles. The summed E-state index contributed by atoms with van der Waals surface area (Å²) in [6, 6.07) is 13.3. The van der Waals surface area contributed by atoms with Gasteiger partial charge in [0, 0.05) is 30.3 Å². The fraction of sp³-hybridized carbons (Fsp3) is 0. The minimum atomic E-state index is -4.96. The van der Waals surface area contributed by atoms with Crippen molar-refractivity contribution in [2.45, 2.75) is 4.90 Å². The first-order valence-electron chi connectivity index (χ1n) is 8.08. The third kappa shape index (κ3) is 6.54. The third-order valence-corrected chi connectivity index (χ3v) is 4.60. The number of hydrogen-bond donors (Lipinski definition) is 0. The van der Waals surface area contributed by atoms with Crippen LogP contribution in [0.3, 0.4) is 0 Å². The molecule has 0 aliphatic heterocycles. The molecule has 0 radical (unpaired) electrons. The van der Waals surface area contributed by atoms with Crippen LogP contribution < -0.4 is 60.9 Å². The van der Waals surface area contributed by atoms with E-state index in [1.54, 1.807) is 0 Å². The van der Waals surface area contributed by atoms with Gasteiger partial charge in [-0.05, 0) is 36.4 Å². The molecule has 0 heterocycles. The predicted octanol–water partition coefficient (Wildman–Crippen LogP) is 0.996. The molecule has 13 heteroatoms. The van der Waals surface area contributed by atoms with Crippen molar-refractivity contribution in [1.82, 2.24) is 0 Å². The van der Waals surface area contributed by atoms with Crippen LogP contribution in [0, 0.1) is 20.2 Å². The average Bonchev–Trinajstić information content (AvgIpc) is 2.69. The molecular formula is C18H11KN2O9S. The minimum absolute atomic E-state index is 0. The quantitative estimate of drug-likeness (QED) is 0.212. The molecular weight excluding hydrogens is 459 g/mol. The third-order valence-electron chi connectivity index (χ3n) is 3.74. The van der Waals surface area contributed by atoms with Gasteiger partial charge in [-0.25, -0.2) is 8.42 Å². The smallest absolute Gasteiger partial charge is 0.744 e. The Kier molecular flexibility index (Phi) is 8.25. The maximum Gasteiger partial charge on any atom is 1.00 e. The number of nitro benzene ring substituents is 2. The summed E-state index contributed by atoms with van der Waals surface area (Å²) in [4.78, 5) is 19.5. The molecule has 0 atom stereocenters. The summed E-state index contributed by atoms with van der Waals surface area (Å²) in [6.07, 6.45) is 0. The Labute approximate surface area is 218 Å². The van der Waals surface area contributed by atoms with Crippen molar-refractivity contribution < 1.29 is 83.7 Å². The largest absolute Gasteiger partial charge is 1.00 e. The SMILES string of the molecule is O=[N+]([O-])c1ccc(Oc2ccc(Oc3ccc([N+](=O)[O-])cc3)c(S(=O)(=O)[O-])c2)cc1.[K+]. The second kappa shape index (κ2) is 10.3. The zero-order chi connectivity index (χ0) is 21.9. The van der Waals surface area contributed by atoms with Gasteiger partial charge in [0.15, 0.2) is 0 Å². The molecule has 0 N–H and O–H groups in total. The minimum Gasteiger partial charge on any atom is -0.744 e. The summed E-state index contributed by atoms with van der Waals surface area (Å²) in [5, 5.41) is 21.4. The van der Waals surface area contributed by atoms with Crippen molar-refractivity contribution in [3.8, 4) is 23.0 Å². The van der Waals surface area contributed by atoms with Crippen LogP contribution in [0.25, 0.3) is 0 Å². The Bertz CT molecular complexity index is 1210. The van der Waals surface area contributed by atoms with E-state index in [2.05, 4.69) is 0 Å². The first kappa shape index (κ1) is 24.9. The van der Waals surface area contributed by atoms with Crippen LogP contribution in [0.4, 0.5) is 11.4 Å². The molecule has 3 rings (SSSR count). The fourth-order valence-electron chi connectivity index (χ4n) is 2.37. The van der Waals surface area contributed by atoms with Gasteiger partial charge in [-0.15, -0.1) is 0 Å². The van der Waals surface area contributed by atoms with Gasteiger partial charge in [-0.2, -0.15) is 0 Å². The number of non-ortho nitro benzene ring substituents is 2. The molecule has 0 saturated carbocycles. The first-order chi connectivity index (χ1) is 14.1. The summed E-state index contributed by atoms with van der Waals surface area (Å²) in [5.41, 5.74) is -0.345. The van der Waals surface area contributed by atoms with Crippen LogP contribution in [-0.2, 0) is 10.1 Å². The number of nitro groups is 2. The van der Waals surface area contributed by atoms with Gasteiger partial charge in [-0.1, -0.05) is 0 Å². The molecule has 0 aliphatic rings. The van der Waals surface area contributed by atoms with E-state index in [1.807, 2.05) is 0 Å². The van der Waals surface area contributed by atoms with Gasteiger partial charge >= 0.3 is 51.4 Å². The summed E-state index contributed by atoms with van der Waals surface area (Å²) in [5.74, 6) is -0.0577. The topological polar surface area (TPSA) is 162 Å². The normalized spacial score (nSPS) is 10.6. The number of rotatable bonds is 7. The van der Waals surface area contributed by atoms with E-state index in [-0.39, 0.29) is 85.8 Å². The zero-order valence-electron chi connectivity index (χ0n) is 15.8. The van der Waals surface area contributed by atoms with Gasteiger partial charge in [-0.3, -0.25) is 20.2 Å². The van der Waals surface area contributed by atoms with Crippen molar-refractivity contribution in [2.75, 3.05) is 0 Å². The van der Waals surface area contributed by atoms with Crippen LogP contribution in [0.15, 0.2) is 71.6 Å². The standard InChI is InChI=1S/C18H12N2O9S.K/c21-19(22)12-1-5-14(6-2-12)28-16-9-10-17(18(11-16)30(25,26)27)29-15-7-3-13(4-8-15)20(23)24;/h1-11H,(H,25,26,27);/q;+1/p-1. The van der Waals surface area contributed by atoms with Crippen molar-refractivity contribution in [3.05, 3.63) is 87.0 Å². The van der Waals surface area contributed by atoms with Gasteiger partial charge in [0.2, 0.25) is 0 Å². The fourth-order valence-corrected chi connectivity index (χ4v) is 2.98. The van der Waals surface area contributed by atoms with Crippen LogP contribution in [0.2, 0.25) is 0 Å². The Balaban J connectivity index is 0.00000341. The molecule has 0 aromatic heterocycles. The van der Waals surface area contributed by atoms with Crippen molar-refractivity contribution in [2.24, 2.45) is 0 Å². The van der Waals surface area contributed by atoms with Crippen LogP contribution in [-0.4, -0.2) is 22.8 Å². The molecule has 11 nitrogen and oxygen atoms in total. The summed E-state index contributed by atoms with van der Waals surface area (Å²) in [6.45, 7) is 0. The molecule has 0 saturated heterocycles. The van der Waals surface area contributed by atoms with Crippen molar-refractivity contribution >= 4 is 21.5 Å². The molecule has 0 bridgehead atoms. The Morgan fingerprint density at radius 2 is 1.10 bits per heavy atom. The average molecular weight is 470 g/mol. The molecule has 0 unspecified atom stereocenters. The summed E-state index contributed by atoms with van der Waals surface area (Å²) < 4.78 is 45.8. The van der Waals surface area contributed by atoms with E-state index in [9.17, 15) is 33.2 Å². The van der Waals surface area contributed by atoms with E-state index in [0.29, 0.717) is 0 Å². The Morgan fingerprint density at radius 1 is 0.677 bits per heavy atom. The zero-order valence-corrected chi connectivity index (χ0v) is 19.8. The molecule has 154 valence electrons. The van der Waals surface area contributed by atoms with Crippen LogP contribution >= 0.6 is 0 Å². The maximum atomic E-state index is 11.7. The summed E-state index contributed by atoms with van der Waals surface area (Å²) in [7, 11) is -4.96. The van der Waals surface area contributed by atoms with E-state index in [4.69, 9.17) is 9.47 Å². The summed E-state index contributed by atoms with van der Waals surface area (Å²) >= 11 is 0. The van der Waals surface area contributed by atoms with Gasteiger partial charge < -0.3 is 14.0 Å². The molecule has 0 spiro atoms. The second-order valence-corrected chi connectivity index (χ2v) is 7.12. The van der Waals surface area contributed by atoms with Crippen LogP contribution in [0.1, 0.15) is 0 Å². The van der Waals surface area contributed by atoms with E-state index in [1.165, 1.54) is 48.5 Å². The maximum absolute atomic E-state index is 11.7. The van der Waals surface area contributed by atoms with E-state index >= 15 is 0 Å². The van der Waals surface area contributed by atoms with E-state index in [0.717, 1.165) is 18.2 Å². The van der Waals surface area contributed by atoms with Gasteiger partial charge in [0.05, 0.1) is 9.85 Å². The molecule has 0 fully saturated rings. The predicted molar refractivity (Wildman–Crippen MR) is 101 cm³/mol. The molecule has 0 aliphatic carbocycles. The van der Waals surface area contributed by atoms with Crippen molar-refractivity contribution in [3.63, 3.8) is 0 Å². The number of nitrogens with zero attached hydrogens (tertiary/aromatic N) is 2. The molecule has 3 aromatic rings. The number of ether oxygens (including phenoxy) is 2. The van der Waals surface area contributed by atoms with Gasteiger partial charge in [0.25, 0.3) is 11.4 Å². The number of benzene rings is 3. The van der Waals surface area contributed by atoms with Crippen LogP contribution in [0.5, 0.6) is 23.0 Å². The Hall–Kier alpha value is -2.39. The molecule has 31 heavy (non-hydrogen) atoms. The monoisotopic (exact) mass is 470 g/mol. The molecule has 0 amide bonds.